The van der Waals surface area contributed by atoms with Crippen molar-refractivity contribution in [2.75, 3.05) is 38.1 Å². The number of thiophene rings is 2. The second-order valence-electron chi connectivity index (χ2n) is 7.02. The van der Waals surface area contributed by atoms with Crippen LogP contribution in [-0.4, -0.2) is 62.3 Å². The summed E-state index contributed by atoms with van der Waals surface area (Å²) in [4.78, 5) is 16.4. The number of carbonyl (C=O) groups is 1. The van der Waals surface area contributed by atoms with E-state index in [1.165, 1.54) is 11.3 Å². The van der Waals surface area contributed by atoms with E-state index < -0.39 is 10.0 Å². The van der Waals surface area contributed by atoms with Gasteiger partial charge in [0.1, 0.15) is 4.21 Å². The molecule has 0 aromatic carbocycles. The molecular weight excluding hydrogens is 390 g/mol. The average molecular weight is 412 g/mol. The average Bonchev–Trinajstić information content (AvgIpc) is 3.32. The first-order chi connectivity index (χ1) is 12.3. The van der Waals surface area contributed by atoms with Crippen molar-refractivity contribution in [1.29, 1.82) is 0 Å². The third kappa shape index (κ3) is 2.82. The molecule has 4 heterocycles. The van der Waals surface area contributed by atoms with Crippen molar-refractivity contribution in [2.24, 2.45) is 0 Å². The second-order valence-corrected chi connectivity index (χ2v) is 10.9. The Morgan fingerprint density at radius 3 is 2.65 bits per heavy atom. The third-order valence-corrected chi connectivity index (χ3v) is 9.62. The van der Waals surface area contributed by atoms with Gasteiger partial charge in [-0.1, -0.05) is 0 Å². The van der Waals surface area contributed by atoms with Crippen molar-refractivity contribution in [3.63, 3.8) is 0 Å². The molecule has 1 amide bonds. The number of anilines is 1. The monoisotopic (exact) mass is 411 g/mol. The van der Waals surface area contributed by atoms with Gasteiger partial charge in [0.2, 0.25) is 5.91 Å². The van der Waals surface area contributed by atoms with E-state index in [1.54, 1.807) is 15.6 Å². The van der Waals surface area contributed by atoms with Crippen LogP contribution in [-0.2, 0) is 14.8 Å². The van der Waals surface area contributed by atoms with Crippen LogP contribution in [0.5, 0.6) is 0 Å². The molecule has 0 bridgehead atoms. The molecule has 140 valence electrons. The van der Waals surface area contributed by atoms with Crippen LogP contribution in [0.15, 0.2) is 32.5 Å². The van der Waals surface area contributed by atoms with Gasteiger partial charge < -0.3 is 4.90 Å². The van der Waals surface area contributed by atoms with Crippen molar-refractivity contribution in [2.45, 2.75) is 23.1 Å². The Hall–Kier alpha value is -1.26. The highest BCUT2D eigenvalue weighted by atomic mass is 32.2. The predicted molar refractivity (Wildman–Crippen MR) is 104 cm³/mol. The Labute approximate surface area is 161 Å². The van der Waals surface area contributed by atoms with Gasteiger partial charge in [0.25, 0.3) is 10.0 Å². The van der Waals surface area contributed by atoms with Crippen molar-refractivity contribution in [1.82, 2.24) is 9.21 Å². The molecule has 1 unspecified atom stereocenters. The molecule has 2 aromatic rings. The molecule has 9 heteroatoms. The summed E-state index contributed by atoms with van der Waals surface area (Å²) in [7, 11) is -1.56. The molecule has 0 saturated carbocycles. The second kappa shape index (κ2) is 6.42. The Bertz CT molecular complexity index is 922. The molecule has 26 heavy (non-hydrogen) atoms. The molecule has 1 spiro atoms. The number of aryl methyl sites for hydroxylation is 1. The molecule has 1 atom stereocenters. The van der Waals surface area contributed by atoms with Gasteiger partial charge in [-0.15, -0.1) is 11.3 Å². The number of amides is 1. The molecule has 0 N–H and O–H groups in total. The molecule has 4 rings (SSSR count). The Balaban J connectivity index is 1.62. The van der Waals surface area contributed by atoms with Crippen LogP contribution in [0.1, 0.15) is 12.0 Å². The number of piperazine rings is 1. The number of sulfonamides is 1. The largest absolute Gasteiger partial charge is 0.309 e. The number of carbonyl (C=O) groups excluding carboxylic acids is 1. The van der Waals surface area contributed by atoms with Gasteiger partial charge in [0, 0.05) is 25.0 Å². The van der Waals surface area contributed by atoms with Gasteiger partial charge >= 0.3 is 0 Å². The standard InChI is InChI=1S/C17H21N3O3S3/c1-13-3-8-25-16(13)26(22,23)19-6-5-17(11-19)12-20(14-4-7-24-10-14)15(21)9-18(17)2/h3-4,7-8,10H,5-6,9,11-12H2,1-2H3. The molecule has 2 aliphatic rings. The lowest BCUT2D eigenvalue weighted by molar-refractivity contribution is -0.123. The van der Waals surface area contributed by atoms with Gasteiger partial charge in [-0.25, -0.2) is 8.42 Å². The van der Waals surface area contributed by atoms with Crippen LogP contribution in [0.25, 0.3) is 0 Å². The molecule has 0 radical (unpaired) electrons. The van der Waals surface area contributed by atoms with Crippen molar-refractivity contribution in [3.05, 3.63) is 33.8 Å². The Kier molecular flexibility index (Phi) is 4.47. The minimum absolute atomic E-state index is 0.0620. The molecule has 2 saturated heterocycles. The summed E-state index contributed by atoms with van der Waals surface area (Å²) >= 11 is 2.83. The van der Waals surface area contributed by atoms with E-state index in [-0.39, 0.29) is 11.4 Å². The van der Waals surface area contributed by atoms with Crippen LogP contribution in [0.3, 0.4) is 0 Å². The normalized spacial score (nSPS) is 25.5. The fourth-order valence-corrected chi connectivity index (χ4v) is 7.52. The van der Waals surface area contributed by atoms with Gasteiger partial charge in [-0.2, -0.15) is 15.6 Å². The smallest absolute Gasteiger partial charge is 0.252 e. The van der Waals surface area contributed by atoms with Gasteiger partial charge in [0.15, 0.2) is 0 Å². The number of likely N-dealkylation sites (N-methyl/N-ethyl adjacent to an activating group) is 1. The quantitative estimate of drug-likeness (QED) is 0.777. The van der Waals surface area contributed by atoms with Crippen molar-refractivity contribution < 1.29 is 13.2 Å². The van der Waals surface area contributed by atoms with E-state index >= 15 is 0 Å². The van der Waals surface area contributed by atoms with E-state index in [1.807, 2.05) is 52.0 Å². The lowest BCUT2D eigenvalue weighted by Gasteiger charge is -2.46. The van der Waals surface area contributed by atoms with Gasteiger partial charge in [-0.3, -0.25) is 9.69 Å². The highest BCUT2D eigenvalue weighted by Gasteiger charge is 2.50. The maximum Gasteiger partial charge on any atom is 0.252 e. The lowest BCUT2D eigenvalue weighted by Crippen LogP contribution is -2.64. The van der Waals surface area contributed by atoms with Crippen molar-refractivity contribution in [3.8, 4) is 0 Å². The summed E-state index contributed by atoms with van der Waals surface area (Å²) in [6, 6.07) is 3.78. The molecule has 2 aliphatic heterocycles. The Morgan fingerprint density at radius 2 is 2.00 bits per heavy atom. The first kappa shape index (κ1) is 18.1. The third-order valence-electron chi connectivity index (χ3n) is 5.44. The SMILES string of the molecule is Cc1ccsc1S(=O)(=O)N1CCC2(CN(c3ccsc3)C(=O)CN2C)C1. The lowest BCUT2D eigenvalue weighted by atomic mass is 9.93. The minimum atomic E-state index is -3.49. The van der Waals surface area contributed by atoms with Gasteiger partial charge in [0.05, 0.1) is 17.8 Å². The van der Waals surface area contributed by atoms with Crippen LogP contribution < -0.4 is 4.90 Å². The topological polar surface area (TPSA) is 60.9 Å². The fourth-order valence-electron chi connectivity index (χ4n) is 3.81. The van der Waals surface area contributed by atoms with E-state index in [9.17, 15) is 13.2 Å². The zero-order valence-electron chi connectivity index (χ0n) is 14.7. The van der Waals surface area contributed by atoms with Crippen molar-refractivity contribution >= 4 is 44.3 Å². The predicted octanol–water partition coefficient (Wildman–Crippen LogP) is 2.23. The van der Waals surface area contributed by atoms with Crippen LogP contribution in [0, 0.1) is 6.92 Å². The summed E-state index contributed by atoms with van der Waals surface area (Å²) in [5, 5.41) is 5.74. The maximum atomic E-state index is 13.1. The molecular formula is C17H21N3O3S3. The van der Waals surface area contributed by atoms with E-state index in [2.05, 4.69) is 0 Å². The van der Waals surface area contributed by atoms with Crippen LogP contribution in [0.2, 0.25) is 0 Å². The summed E-state index contributed by atoms with van der Waals surface area (Å²) in [5.74, 6) is 0.0620. The van der Waals surface area contributed by atoms with E-state index in [4.69, 9.17) is 0 Å². The van der Waals surface area contributed by atoms with Gasteiger partial charge in [-0.05, 0) is 48.8 Å². The number of nitrogens with zero attached hydrogens (tertiary/aromatic N) is 3. The number of hydrogen-bond acceptors (Lipinski definition) is 6. The minimum Gasteiger partial charge on any atom is -0.309 e. The zero-order valence-corrected chi connectivity index (χ0v) is 17.2. The number of rotatable bonds is 3. The van der Waals surface area contributed by atoms with E-state index in [0.29, 0.717) is 30.4 Å². The zero-order chi connectivity index (χ0) is 18.5. The Morgan fingerprint density at radius 1 is 1.19 bits per heavy atom. The highest BCUT2D eigenvalue weighted by molar-refractivity contribution is 7.91. The first-order valence-electron chi connectivity index (χ1n) is 8.42. The molecule has 2 fully saturated rings. The summed E-state index contributed by atoms with van der Waals surface area (Å²) < 4.78 is 28.1. The molecule has 2 aromatic heterocycles. The maximum absolute atomic E-state index is 13.1. The van der Waals surface area contributed by atoms with Crippen LogP contribution in [0.4, 0.5) is 5.69 Å². The van der Waals surface area contributed by atoms with Crippen LogP contribution >= 0.6 is 22.7 Å². The molecule has 6 nitrogen and oxygen atoms in total. The summed E-state index contributed by atoms with van der Waals surface area (Å²) in [6.45, 7) is 3.56. The number of hydrogen-bond donors (Lipinski definition) is 0. The first-order valence-corrected chi connectivity index (χ1v) is 11.7. The van der Waals surface area contributed by atoms with E-state index in [0.717, 1.165) is 17.7 Å². The summed E-state index contributed by atoms with van der Waals surface area (Å²) in [5.41, 5.74) is 1.36. The molecule has 0 aliphatic carbocycles. The fraction of sp³-hybridized carbons (Fsp3) is 0.471. The highest BCUT2D eigenvalue weighted by Crippen LogP contribution is 2.37. The summed E-state index contributed by atoms with van der Waals surface area (Å²) in [6.07, 6.45) is 0.723.